The molecule has 0 radical (unpaired) electrons. The van der Waals surface area contributed by atoms with Crippen LogP contribution in [0.15, 0.2) is 47.2 Å². The monoisotopic (exact) mass is 328 g/mol. The normalized spacial score (nSPS) is 10.7. The maximum atomic E-state index is 5.84. The van der Waals surface area contributed by atoms with Gasteiger partial charge in [-0.15, -0.1) is 0 Å². The number of benzene rings is 2. The second-order valence-electron chi connectivity index (χ2n) is 4.59. The summed E-state index contributed by atoms with van der Waals surface area (Å²) in [6.45, 7) is 2.05. The molecule has 0 saturated heterocycles. The van der Waals surface area contributed by atoms with E-state index < -0.39 is 0 Å². The Morgan fingerprint density at radius 2 is 1.95 bits per heavy atom. The average Bonchev–Trinajstić information content (AvgIpc) is 2.44. The smallest absolute Gasteiger partial charge is 0.141 e. The molecule has 0 unspecified atom stereocenters. The Bertz CT molecular complexity index is 786. The molecule has 0 fully saturated rings. The third-order valence-electron chi connectivity index (χ3n) is 3.09. The van der Waals surface area contributed by atoms with Crippen molar-refractivity contribution in [1.82, 2.24) is 9.97 Å². The Kier molecular flexibility index (Phi) is 3.28. The summed E-state index contributed by atoms with van der Waals surface area (Å²) >= 11 is 3.53. The van der Waals surface area contributed by atoms with Gasteiger partial charge in [-0.2, -0.15) is 0 Å². The molecular formula is C15H13BrN4. The molecule has 4 nitrogen and oxygen atoms in total. The first kappa shape index (κ1) is 12.9. The van der Waals surface area contributed by atoms with Crippen molar-refractivity contribution in [3.8, 4) is 0 Å². The van der Waals surface area contributed by atoms with E-state index in [1.807, 2.05) is 36.4 Å². The number of hydrogen-bond donors (Lipinski definition) is 2. The molecule has 1 heterocycles. The maximum Gasteiger partial charge on any atom is 0.141 e. The average molecular weight is 329 g/mol. The first-order chi connectivity index (χ1) is 9.63. The van der Waals surface area contributed by atoms with Crippen molar-refractivity contribution in [3.63, 3.8) is 0 Å². The summed E-state index contributed by atoms with van der Waals surface area (Å²) in [6.07, 6.45) is 1.55. The minimum atomic E-state index is 0.695. The number of nitrogens with zero attached hydrogens (tertiary/aromatic N) is 2. The summed E-state index contributed by atoms with van der Waals surface area (Å²) in [4.78, 5) is 8.54. The van der Waals surface area contributed by atoms with Crippen LogP contribution < -0.4 is 11.1 Å². The molecule has 100 valence electrons. The molecule has 3 aromatic rings. The molecule has 3 rings (SSSR count). The summed E-state index contributed by atoms with van der Waals surface area (Å²) < 4.78 is 1.06. The van der Waals surface area contributed by atoms with Crippen molar-refractivity contribution in [1.29, 1.82) is 0 Å². The van der Waals surface area contributed by atoms with Crippen LogP contribution in [0.3, 0.4) is 0 Å². The van der Waals surface area contributed by atoms with Crippen LogP contribution in [0, 0.1) is 6.92 Å². The molecule has 0 aliphatic carbocycles. The van der Waals surface area contributed by atoms with Gasteiger partial charge in [-0.3, -0.25) is 0 Å². The molecule has 0 saturated carbocycles. The third-order valence-corrected chi connectivity index (χ3v) is 3.95. The minimum Gasteiger partial charge on any atom is -0.399 e. The third kappa shape index (κ3) is 2.44. The lowest BCUT2D eigenvalue weighted by molar-refractivity contribution is 1.22. The van der Waals surface area contributed by atoms with Gasteiger partial charge in [-0.05, 0) is 42.8 Å². The highest BCUT2D eigenvalue weighted by Crippen LogP contribution is 2.27. The first-order valence-electron chi connectivity index (χ1n) is 6.17. The van der Waals surface area contributed by atoms with E-state index in [0.717, 1.165) is 26.9 Å². The number of fused-ring (bicyclic) bond motifs is 1. The molecule has 5 heteroatoms. The van der Waals surface area contributed by atoms with Crippen LogP contribution in [0.25, 0.3) is 10.9 Å². The zero-order chi connectivity index (χ0) is 14.1. The number of hydrogen-bond acceptors (Lipinski definition) is 4. The predicted octanol–water partition coefficient (Wildman–Crippen LogP) is 4.03. The number of aromatic nitrogens is 2. The van der Waals surface area contributed by atoms with Gasteiger partial charge in [0.2, 0.25) is 0 Å². The molecule has 0 spiro atoms. The maximum absolute atomic E-state index is 5.84. The van der Waals surface area contributed by atoms with E-state index in [0.29, 0.717) is 5.69 Å². The molecule has 0 aliphatic rings. The second kappa shape index (κ2) is 5.09. The Hall–Kier alpha value is -2.14. The highest BCUT2D eigenvalue weighted by molar-refractivity contribution is 9.10. The Morgan fingerprint density at radius 3 is 2.75 bits per heavy atom. The quantitative estimate of drug-likeness (QED) is 0.697. The van der Waals surface area contributed by atoms with Gasteiger partial charge in [-0.1, -0.05) is 22.0 Å². The molecule has 1 aromatic heterocycles. The largest absolute Gasteiger partial charge is 0.399 e. The fraction of sp³-hybridized carbons (Fsp3) is 0.0667. The van der Waals surface area contributed by atoms with Crippen LogP contribution in [-0.4, -0.2) is 9.97 Å². The Labute approximate surface area is 125 Å². The number of aryl methyl sites for hydroxylation is 1. The summed E-state index contributed by atoms with van der Waals surface area (Å²) in [6, 6.07) is 11.7. The molecule has 0 atom stereocenters. The van der Waals surface area contributed by atoms with Crippen LogP contribution in [0.1, 0.15) is 5.56 Å². The fourth-order valence-corrected chi connectivity index (χ4v) is 2.36. The van der Waals surface area contributed by atoms with Gasteiger partial charge < -0.3 is 11.1 Å². The molecule has 3 N–H and O–H groups in total. The predicted molar refractivity (Wildman–Crippen MR) is 86.1 cm³/mol. The van der Waals surface area contributed by atoms with Gasteiger partial charge >= 0.3 is 0 Å². The zero-order valence-electron chi connectivity index (χ0n) is 10.9. The van der Waals surface area contributed by atoms with Crippen LogP contribution in [0.2, 0.25) is 0 Å². The SMILES string of the molecule is Cc1ccc(Nc2ncnc3ccc(N)cc23)cc1Br. The fourth-order valence-electron chi connectivity index (χ4n) is 1.98. The number of anilines is 3. The van der Waals surface area contributed by atoms with Gasteiger partial charge in [0.15, 0.2) is 0 Å². The van der Waals surface area contributed by atoms with Crippen LogP contribution in [0.4, 0.5) is 17.2 Å². The van der Waals surface area contributed by atoms with E-state index in [2.05, 4.69) is 38.1 Å². The molecule has 2 aromatic carbocycles. The van der Waals surface area contributed by atoms with Gasteiger partial charge in [0, 0.05) is 21.2 Å². The second-order valence-corrected chi connectivity index (χ2v) is 5.44. The zero-order valence-corrected chi connectivity index (χ0v) is 12.5. The number of rotatable bonds is 2. The molecule has 0 amide bonds. The number of halogens is 1. The topological polar surface area (TPSA) is 63.8 Å². The number of nitrogens with one attached hydrogen (secondary N) is 1. The highest BCUT2D eigenvalue weighted by Gasteiger charge is 2.05. The van der Waals surface area contributed by atoms with Gasteiger partial charge in [0.05, 0.1) is 5.52 Å². The first-order valence-corrected chi connectivity index (χ1v) is 6.96. The Morgan fingerprint density at radius 1 is 1.10 bits per heavy atom. The molecule has 0 bridgehead atoms. The van der Waals surface area contributed by atoms with Crippen molar-refractivity contribution < 1.29 is 0 Å². The summed E-state index contributed by atoms with van der Waals surface area (Å²) in [5.41, 5.74) is 9.55. The van der Waals surface area contributed by atoms with Crippen molar-refractivity contribution in [2.45, 2.75) is 6.92 Å². The van der Waals surface area contributed by atoms with Gasteiger partial charge in [-0.25, -0.2) is 9.97 Å². The van der Waals surface area contributed by atoms with Crippen molar-refractivity contribution >= 4 is 44.0 Å². The van der Waals surface area contributed by atoms with Gasteiger partial charge in [0.25, 0.3) is 0 Å². The van der Waals surface area contributed by atoms with Crippen LogP contribution in [0.5, 0.6) is 0 Å². The lowest BCUT2D eigenvalue weighted by Crippen LogP contribution is -1.97. The highest BCUT2D eigenvalue weighted by atomic mass is 79.9. The lowest BCUT2D eigenvalue weighted by atomic mass is 10.2. The minimum absolute atomic E-state index is 0.695. The standard InChI is InChI=1S/C15H13BrN4/c1-9-2-4-11(7-13(9)16)20-15-12-6-10(17)3-5-14(12)18-8-19-15/h2-8H,17H2,1H3,(H,18,19,20). The van der Waals surface area contributed by atoms with E-state index in [9.17, 15) is 0 Å². The summed E-state index contributed by atoms with van der Waals surface area (Å²) in [7, 11) is 0. The van der Waals surface area contributed by atoms with E-state index in [4.69, 9.17) is 5.73 Å². The van der Waals surface area contributed by atoms with Crippen molar-refractivity contribution in [2.24, 2.45) is 0 Å². The summed E-state index contributed by atoms with van der Waals surface area (Å²) in [5.74, 6) is 0.748. The van der Waals surface area contributed by atoms with Crippen LogP contribution >= 0.6 is 15.9 Å². The van der Waals surface area contributed by atoms with E-state index in [1.165, 1.54) is 5.56 Å². The van der Waals surface area contributed by atoms with Gasteiger partial charge in [0.1, 0.15) is 12.1 Å². The molecule has 20 heavy (non-hydrogen) atoms. The number of nitrogen functional groups attached to an aromatic ring is 1. The molecular weight excluding hydrogens is 316 g/mol. The molecule has 0 aliphatic heterocycles. The summed E-state index contributed by atoms with van der Waals surface area (Å²) in [5, 5.41) is 4.21. The Balaban J connectivity index is 2.05. The van der Waals surface area contributed by atoms with E-state index in [1.54, 1.807) is 6.33 Å². The van der Waals surface area contributed by atoms with Crippen molar-refractivity contribution in [2.75, 3.05) is 11.1 Å². The number of nitrogens with two attached hydrogens (primary N) is 1. The van der Waals surface area contributed by atoms with E-state index >= 15 is 0 Å². The van der Waals surface area contributed by atoms with E-state index in [-0.39, 0.29) is 0 Å². The van der Waals surface area contributed by atoms with Crippen molar-refractivity contribution in [3.05, 3.63) is 52.8 Å². The van der Waals surface area contributed by atoms with Crippen LogP contribution in [-0.2, 0) is 0 Å². The lowest BCUT2D eigenvalue weighted by Gasteiger charge is -2.10.